The second-order valence-corrected chi connectivity index (χ2v) is 4.44. The number of benzene rings is 1. The molecule has 100 valence electrons. The molecule has 0 bridgehead atoms. The molecule has 1 aromatic heterocycles. The zero-order chi connectivity index (χ0) is 13.7. The zero-order valence-electron chi connectivity index (χ0n) is 10.6. The maximum Gasteiger partial charge on any atom is 0.144 e. The van der Waals surface area contributed by atoms with Crippen molar-refractivity contribution in [3.63, 3.8) is 0 Å². The van der Waals surface area contributed by atoms with Gasteiger partial charge in [-0.25, -0.2) is 9.37 Å². The van der Waals surface area contributed by atoms with E-state index in [4.69, 9.17) is 0 Å². The highest BCUT2D eigenvalue weighted by atomic mass is 19.1. The van der Waals surface area contributed by atoms with E-state index >= 15 is 0 Å². The molecular weight excluding hydrogens is 245 g/mol. The van der Waals surface area contributed by atoms with Crippen LogP contribution < -0.4 is 5.32 Å². The molecule has 0 aliphatic heterocycles. The van der Waals surface area contributed by atoms with E-state index in [1.54, 1.807) is 30.7 Å². The summed E-state index contributed by atoms with van der Waals surface area (Å²) in [5, 5.41) is 13.2. The fraction of sp³-hybridized carbons (Fsp3) is 0.286. The Hall–Kier alpha value is -2.01. The summed E-state index contributed by atoms with van der Waals surface area (Å²) in [7, 11) is 0. The van der Waals surface area contributed by atoms with Crippen LogP contribution in [-0.2, 0) is 0 Å². The SMILES string of the molecule is CC(CC(O)c1ccc(F)cc1)Nc1cnccn1. The Labute approximate surface area is 111 Å². The number of aromatic nitrogens is 2. The Morgan fingerprint density at radius 2 is 2.00 bits per heavy atom. The van der Waals surface area contributed by atoms with Gasteiger partial charge in [-0.2, -0.15) is 0 Å². The molecule has 19 heavy (non-hydrogen) atoms. The predicted molar refractivity (Wildman–Crippen MR) is 71.1 cm³/mol. The number of aliphatic hydroxyl groups is 1. The maximum atomic E-state index is 12.8. The molecule has 0 amide bonds. The van der Waals surface area contributed by atoms with Gasteiger partial charge in [0, 0.05) is 18.4 Å². The fourth-order valence-electron chi connectivity index (χ4n) is 1.84. The summed E-state index contributed by atoms with van der Waals surface area (Å²) in [5.74, 6) is 0.364. The average molecular weight is 261 g/mol. The first-order valence-electron chi connectivity index (χ1n) is 6.11. The first-order valence-corrected chi connectivity index (χ1v) is 6.11. The van der Waals surface area contributed by atoms with Gasteiger partial charge in [0.2, 0.25) is 0 Å². The largest absolute Gasteiger partial charge is 0.388 e. The normalized spacial score (nSPS) is 13.8. The van der Waals surface area contributed by atoms with Crippen LogP contribution in [0.25, 0.3) is 0 Å². The number of rotatable bonds is 5. The molecule has 0 spiro atoms. The molecule has 2 unspecified atom stereocenters. The van der Waals surface area contributed by atoms with Crippen LogP contribution in [0.5, 0.6) is 0 Å². The first-order chi connectivity index (χ1) is 9.15. The molecule has 5 heteroatoms. The van der Waals surface area contributed by atoms with Gasteiger partial charge in [-0.15, -0.1) is 0 Å². The molecule has 2 aromatic rings. The van der Waals surface area contributed by atoms with E-state index in [-0.39, 0.29) is 11.9 Å². The van der Waals surface area contributed by atoms with Crippen LogP contribution in [0.15, 0.2) is 42.9 Å². The van der Waals surface area contributed by atoms with Crippen molar-refractivity contribution < 1.29 is 9.50 Å². The summed E-state index contributed by atoms with van der Waals surface area (Å²) in [6.07, 6.45) is 4.69. The fourth-order valence-corrected chi connectivity index (χ4v) is 1.84. The van der Waals surface area contributed by atoms with Gasteiger partial charge in [-0.3, -0.25) is 4.98 Å². The highest BCUT2D eigenvalue weighted by Crippen LogP contribution is 2.19. The quantitative estimate of drug-likeness (QED) is 0.868. The third kappa shape index (κ3) is 3.99. The minimum absolute atomic E-state index is 0.0248. The van der Waals surface area contributed by atoms with Gasteiger partial charge in [-0.1, -0.05) is 12.1 Å². The van der Waals surface area contributed by atoms with Crippen molar-refractivity contribution in [2.45, 2.75) is 25.5 Å². The van der Waals surface area contributed by atoms with Crippen LogP contribution in [0, 0.1) is 5.82 Å². The van der Waals surface area contributed by atoms with Gasteiger partial charge >= 0.3 is 0 Å². The molecule has 2 N–H and O–H groups in total. The van der Waals surface area contributed by atoms with Gasteiger partial charge in [0.1, 0.15) is 11.6 Å². The van der Waals surface area contributed by atoms with Gasteiger partial charge in [0.25, 0.3) is 0 Å². The summed E-state index contributed by atoms with van der Waals surface area (Å²) < 4.78 is 12.8. The third-order valence-electron chi connectivity index (χ3n) is 2.79. The molecule has 0 saturated heterocycles. The van der Waals surface area contributed by atoms with Crippen molar-refractivity contribution in [2.75, 3.05) is 5.32 Å². The smallest absolute Gasteiger partial charge is 0.144 e. The van der Waals surface area contributed by atoms with E-state index < -0.39 is 6.10 Å². The summed E-state index contributed by atoms with van der Waals surface area (Å²) in [6, 6.07) is 5.90. The lowest BCUT2D eigenvalue weighted by Gasteiger charge is -2.18. The molecule has 1 heterocycles. The second kappa shape index (κ2) is 6.24. The summed E-state index contributed by atoms with van der Waals surface area (Å²) in [4.78, 5) is 8.06. The second-order valence-electron chi connectivity index (χ2n) is 4.44. The number of hydrogen-bond donors (Lipinski definition) is 2. The van der Waals surface area contributed by atoms with Crippen molar-refractivity contribution in [3.05, 3.63) is 54.2 Å². The number of hydrogen-bond acceptors (Lipinski definition) is 4. The van der Waals surface area contributed by atoms with E-state index in [2.05, 4.69) is 15.3 Å². The minimum Gasteiger partial charge on any atom is -0.388 e. The zero-order valence-corrected chi connectivity index (χ0v) is 10.6. The van der Waals surface area contributed by atoms with Gasteiger partial charge in [0.05, 0.1) is 12.3 Å². The third-order valence-corrected chi connectivity index (χ3v) is 2.79. The van der Waals surface area contributed by atoms with Crippen LogP contribution in [0.4, 0.5) is 10.2 Å². The highest BCUT2D eigenvalue weighted by Gasteiger charge is 2.12. The van der Waals surface area contributed by atoms with E-state index in [0.29, 0.717) is 17.8 Å². The summed E-state index contributed by atoms with van der Waals surface area (Å²) >= 11 is 0. The van der Waals surface area contributed by atoms with Crippen molar-refractivity contribution in [3.8, 4) is 0 Å². The van der Waals surface area contributed by atoms with Crippen LogP contribution in [0.1, 0.15) is 25.0 Å². The minimum atomic E-state index is -0.639. The monoisotopic (exact) mass is 261 g/mol. The maximum absolute atomic E-state index is 12.8. The van der Waals surface area contributed by atoms with E-state index in [9.17, 15) is 9.50 Å². The topological polar surface area (TPSA) is 58.0 Å². The molecular formula is C14H16FN3O. The highest BCUT2D eigenvalue weighted by molar-refractivity contribution is 5.31. The molecule has 4 nitrogen and oxygen atoms in total. The summed E-state index contributed by atoms with van der Waals surface area (Å²) in [6.45, 7) is 1.95. The molecule has 0 radical (unpaired) electrons. The average Bonchev–Trinajstić information content (AvgIpc) is 2.40. The van der Waals surface area contributed by atoms with Crippen molar-refractivity contribution in [1.82, 2.24) is 9.97 Å². The van der Waals surface area contributed by atoms with E-state index in [1.165, 1.54) is 12.1 Å². The van der Waals surface area contributed by atoms with Crippen molar-refractivity contribution in [2.24, 2.45) is 0 Å². The lowest BCUT2D eigenvalue weighted by Crippen LogP contribution is -2.19. The van der Waals surface area contributed by atoms with Crippen LogP contribution in [0.2, 0.25) is 0 Å². The molecule has 0 saturated carbocycles. The first kappa shape index (κ1) is 13.4. The number of nitrogens with one attached hydrogen (secondary N) is 1. The Kier molecular flexibility index (Phi) is 4.41. The van der Waals surface area contributed by atoms with Gasteiger partial charge in [0.15, 0.2) is 0 Å². The molecule has 0 fully saturated rings. The number of aliphatic hydroxyl groups excluding tert-OH is 1. The standard InChI is InChI=1S/C14H16FN3O/c1-10(18-14-9-16-6-7-17-14)8-13(19)11-2-4-12(15)5-3-11/h2-7,9-10,13,19H,8H2,1H3,(H,17,18). The number of anilines is 1. The Balaban J connectivity index is 1.91. The Morgan fingerprint density at radius 3 is 2.63 bits per heavy atom. The van der Waals surface area contributed by atoms with Crippen molar-refractivity contribution >= 4 is 5.82 Å². The lowest BCUT2D eigenvalue weighted by atomic mass is 10.0. The van der Waals surface area contributed by atoms with Crippen LogP contribution in [0.3, 0.4) is 0 Å². The number of nitrogens with zero attached hydrogens (tertiary/aromatic N) is 2. The predicted octanol–water partition coefficient (Wildman–Crippen LogP) is 2.54. The van der Waals surface area contributed by atoms with E-state index in [0.717, 1.165) is 0 Å². The molecule has 0 aliphatic carbocycles. The van der Waals surface area contributed by atoms with Gasteiger partial charge < -0.3 is 10.4 Å². The molecule has 1 aromatic carbocycles. The lowest BCUT2D eigenvalue weighted by molar-refractivity contribution is 0.162. The molecule has 0 aliphatic rings. The molecule has 2 rings (SSSR count). The molecule has 2 atom stereocenters. The van der Waals surface area contributed by atoms with E-state index in [1.807, 2.05) is 6.92 Å². The Morgan fingerprint density at radius 1 is 1.26 bits per heavy atom. The Bertz CT molecular complexity index is 504. The van der Waals surface area contributed by atoms with Crippen molar-refractivity contribution in [1.29, 1.82) is 0 Å². The van der Waals surface area contributed by atoms with Crippen LogP contribution >= 0.6 is 0 Å². The van der Waals surface area contributed by atoms with Crippen LogP contribution in [-0.4, -0.2) is 21.1 Å². The number of halogens is 1. The summed E-state index contributed by atoms with van der Waals surface area (Å²) in [5.41, 5.74) is 0.703. The van der Waals surface area contributed by atoms with Gasteiger partial charge in [-0.05, 0) is 31.0 Å².